The number of ether oxygens (including phenoxy) is 1. The van der Waals surface area contributed by atoms with E-state index in [1.807, 2.05) is 13.8 Å². The highest BCUT2D eigenvalue weighted by Gasteiger charge is 2.22. The van der Waals surface area contributed by atoms with Crippen LogP contribution in [0.15, 0.2) is 29.2 Å². The van der Waals surface area contributed by atoms with Crippen LogP contribution in [0.5, 0.6) is 5.88 Å². The summed E-state index contributed by atoms with van der Waals surface area (Å²) >= 11 is 0. The lowest BCUT2D eigenvalue weighted by Crippen LogP contribution is -2.40. The normalized spacial score (nSPS) is 16.4. The van der Waals surface area contributed by atoms with Crippen molar-refractivity contribution in [2.24, 2.45) is 7.05 Å². The summed E-state index contributed by atoms with van der Waals surface area (Å²) in [7, 11) is 1.65. The SMILES string of the molecule is CC(C)Oc1ccc(C(=O)N[C@H]2CCc3nn(C)c(=O)cc3C2)cn1. The van der Waals surface area contributed by atoms with Crippen LogP contribution >= 0.6 is 0 Å². The highest BCUT2D eigenvalue weighted by Crippen LogP contribution is 2.18. The lowest BCUT2D eigenvalue weighted by molar-refractivity contribution is 0.0933. The van der Waals surface area contributed by atoms with Crippen LogP contribution in [0.1, 0.15) is 41.9 Å². The minimum atomic E-state index is -0.172. The van der Waals surface area contributed by atoms with Crippen LogP contribution in [-0.4, -0.2) is 32.8 Å². The molecule has 0 saturated heterocycles. The molecule has 0 aliphatic heterocycles. The zero-order valence-electron chi connectivity index (χ0n) is 14.7. The second kappa shape index (κ2) is 7.04. The first-order valence-electron chi connectivity index (χ1n) is 8.42. The van der Waals surface area contributed by atoms with Crippen LogP contribution < -0.4 is 15.6 Å². The number of nitrogens with one attached hydrogen (secondary N) is 1. The number of hydrogen-bond donors (Lipinski definition) is 1. The maximum atomic E-state index is 12.4. The van der Waals surface area contributed by atoms with Crippen molar-refractivity contribution in [2.45, 2.75) is 45.3 Å². The average Bonchev–Trinajstić information content (AvgIpc) is 2.56. The van der Waals surface area contributed by atoms with Gasteiger partial charge >= 0.3 is 0 Å². The van der Waals surface area contributed by atoms with Gasteiger partial charge in [-0.1, -0.05) is 0 Å². The fourth-order valence-electron chi connectivity index (χ4n) is 2.90. The second-order valence-electron chi connectivity index (χ2n) is 6.54. The Balaban J connectivity index is 1.65. The number of hydrogen-bond acceptors (Lipinski definition) is 5. The summed E-state index contributed by atoms with van der Waals surface area (Å²) in [5.74, 6) is 0.328. The van der Waals surface area contributed by atoms with Gasteiger partial charge in [0.25, 0.3) is 11.5 Å². The van der Waals surface area contributed by atoms with E-state index in [9.17, 15) is 9.59 Å². The Kier molecular flexibility index (Phi) is 4.83. The van der Waals surface area contributed by atoms with Crippen molar-refractivity contribution >= 4 is 5.91 Å². The molecular formula is C18H22N4O3. The number of carbonyl (C=O) groups is 1. The average molecular weight is 342 g/mol. The molecule has 0 unspecified atom stereocenters. The minimum Gasteiger partial charge on any atom is -0.475 e. The summed E-state index contributed by atoms with van der Waals surface area (Å²) in [5.41, 5.74) is 2.21. The fraction of sp³-hybridized carbons (Fsp3) is 0.444. The van der Waals surface area contributed by atoms with Crippen LogP contribution in [0.2, 0.25) is 0 Å². The molecule has 25 heavy (non-hydrogen) atoms. The van der Waals surface area contributed by atoms with Crippen molar-refractivity contribution in [2.75, 3.05) is 0 Å². The Morgan fingerprint density at radius 1 is 1.40 bits per heavy atom. The molecule has 0 radical (unpaired) electrons. The molecule has 0 bridgehead atoms. The van der Waals surface area contributed by atoms with Crippen LogP contribution in [0, 0.1) is 0 Å². The summed E-state index contributed by atoms with van der Waals surface area (Å²) in [6.07, 6.45) is 3.71. The summed E-state index contributed by atoms with van der Waals surface area (Å²) in [6.45, 7) is 3.84. The quantitative estimate of drug-likeness (QED) is 0.904. The van der Waals surface area contributed by atoms with E-state index < -0.39 is 0 Å². The molecule has 2 heterocycles. The van der Waals surface area contributed by atoms with Gasteiger partial charge in [0.1, 0.15) is 0 Å². The number of rotatable bonds is 4. The van der Waals surface area contributed by atoms with Crippen molar-refractivity contribution < 1.29 is 9.53 Å². The largest absolute Gasteiger partial charge is 0.475 e. The monoisotopic (exact) mass is 342 g/mol. The molecule has 0 spiro atoms. The van der Waals surface area contributed by atoms with Crippen LogP contribution in [0.4, 0.5) is 0 Å². The number of aryl methyl sites for hydroxylation is 2. The first-order valence-corrected chi connectivity index (χ1v) is 8.42. The Bertz CT molecular complexity index is 827. The van der Waals surface area contributed by atoms with Gasteiger partial charge in [-0.05, 0) is 44.7 Å². The van der Waals surface area contributed by atoms with Crippen molar-refractivity contribution in [3.8, 4) is 5.88 Å². The van der Waals surface area contributed by atoms with Crippen molar-refractivity contribution in [3.63, 3.8) is 0 Å². The molecule has 3 rings (SSSR count). The third kappa shape index (κ3) is 4.04. The molecular weight excluding hydrogens is 320 g/mol. The van der Waals surface area contributed by atoms with Gasteiger partial charge in [0.2, 0.25) is 5.88 Å². The summed E-state index contributed by atoms with van der Waals surface area (Å²) < 4.78 is 6.83. The van der Waals surface area contributed by atoms with Crippen LogP contribution in [0.25, 0.3) is 0 Å². The predicted molar refractivity (Wildman–Crippen MR) is 92.8 cm³/mol. The van der Waals surface area contributed by atoms with Gasteiger partial charge in [-0.25, -0.2) is 9.67 Å². The maximum Gasteiger partial charge on any atom is 0.266 e. The van der Waals surface area contributed by atoms with E-state index in [1.165, 1.54) is 10.9 Å². The Morgan fingerprint density at radius 2 is 2.20 bits per heavy atom. The number of nitrogens with zero attached hydrogens (tertiary/aromatic N) is 3. The fourth-order valence-corrected chi connectivity index (χ4v) is 2.90. The summed E-state index contributed by atoms with van der Waals surface area (Å²) in [5, 5.41) is 7.30. The topological polar surface area (TPSA) is 86.1 Å². The van der Waals surface area contributed by atoms with Gasteiger partial charge in [0.05, 0.1) is 17.4 Å². The Morgan fingerprint density at radius 3 is 2.88 bits per heavy atom. The Hall–Kier alpha value is -2.70. The first kappa shape index (κ1) is 17.1. The zero-order chi connectivity index (χ0) is 18.0. The molecule has 2 aromatic heterocycles. The molecule has 0 saturated carbocycles. The zero-order valence-corrected chi connectivity index (χ0v) is 14.7. The van der Waals surface area contributed by atoms with Crippen molar-refractivity contribution in [1.29, 1.82) is 0 Å². The molecule has 1 aliphatic rings. The molecule has 7 heteroatoms. The van der Waals surface area contributed by atoms with Gasteiger partial charge < -0.3 is 10.1 Å². The van der Waals surface area contributed by atoms with Gasteiger partial charge in [-0.15, -0.1) is 0 Å². The van der Waals surface area contributed by atoms with E-state index in [0.717, 1.165) is 24.1 Å². The molecule has 1 N–H and O–H groups in total. The van der Waals surface area contributed by atoms with Crippen molar-refractivity contribution in [3.05, 3.63) is 51.6 Å². The highest BCUT2D eigenvalue weighted by atomic mass is 16.5. The lowest BCUT2D eigenvalue weighted by atomic mass is 9.92. The molecule has 1 aliphatic carbocycles. The van der Waals surface area contributed by atoms with Gasteiger partial charge in [0.15, 0.2) is 0 Å². The molecule has 0 fully saturated rings. The standard InChI is InChI=1S/C18H22N4O3/c1-11(2)25-16-7-4-12(10-19-16)18(24)20-14-5-6-15-13(8-14)9-17(23)22(3)21-15/h4,7,9-11,14H,5-6,8H2,1-3H3,(H,20,24)/t14-/m0/s1. The van der Waals surface area contributed by atoms with Gasteiger partial charge in [0, 0.05) is 31.4 Å². The highest BCUT2D eigenvalue weighted by molar-refractivity contribution is 5.94. The van der Waals surface area contributed by atoms with Crippen LogP contribution in [0.3, 0.4) is 0 Å². The molecule has 1 amide bonds. The third-order valence-electron chi connectivity index (χ3n) is 4.14. The van der Waals surface area contributed by atoms with Gasteiger partial charge in [-0.2, -0.15) is 5.10 Å². The van der Waals surface area contributed by atoms with E-state index in [4.69, 9.17) is 4.74 Å². The number of pyridine rings is 1. The minimum absolute atomic E-state index is 0.0134. The molecule has 0 aromatic carbocycles. The summed E-state index contributed by atoms with van der Waals surface area (Å²) in [6, 6.07) is 4.99. The van der Waals surface area contributed by atoms with Gasteiger partial charge in [-0.3, -0.25) is 9.59 Å². The lowest BCUT2D eigenvalue weighted by Gasteiger charge is -2.24. The molecule has 1 atom stereocenters. The number of fused-ring (bicyclic) bond motifs is 1. The Labute approximate surface area is 146 Å². The van der Waals surface area contributed by atoms with E-state index in [2.05, 4.69) is 15.4 Å². The number of amides is 1. The molecule has 7 nitrogen and oxygen atoms in total. The number of aromatic nitrogens is 3. The molecule has 132 valence electrons. The van der Waals surface area contributed by atoms with E-state index in [-0.39, 0.29) is 23.6 Å². The first-order chi connectivity index (χ1) is 11.9. The smallest absolute Gasteiger partial charge is 0.266 e. The van der Waals surface area contributed by atoms with E-state index >= 15 is 0 Å². The van der Waals surface area contributed by atoms with E-state index in [0.29, 0.717) is 17.9 Å². The number of carbonyl (C=O) groups excluding carboxylic acids is 1. The molecule has 2 aromatic rings. The third-order valence-corrected chi connectivity index (χ3v) is 4.14. The maximum absolute atomic E-state index is 12.4. The summed E-state index contributed by atoms with van der Waals surface area (Å²) in [4.78, 5) is 28.3. The van der Waals surface area contributed by atoms with Crippen LogP contribution in [-0.2, 0) is 19.9 Å². The van der Waals surface area contributed by atoms with Crippen molar-refractivity contribution in [1.82, 2.24) is 20.1 Å². The second-order valence-corrected chi connectivity index (χ2v) is 6.54. The predicted octanol–water partition coefficient (Wildman–Crippen LogP) is 1.25. The van der Waals surface area contributed by atoms with E-state index in [1.54, 1.807) is 25.2 Å².